The van der Waals surface area contributed by atoms with E-state index in [-0.39, 0.29) is 17.4 Å². The predicted octanol–water partition coefficient (Wildman–Crippen LogP) is 3.61. The topological polar surface area (TPSA) is 97.0 Å². The molecule has 2 fully saturated rings. The molecule has 1 aliphatic carbocycles. The second-order valence-corrected chi connectivity index (χ2v) is 8.74. The van der Waals surface area contributed by atoms with Crippen LogP contribution in [0.25, 0.3) is 11.1 Å². The van der Waals surface area contributed by atoms with E-state index >= 15 is 0 Å². The molecule has 156 valence electrons. The second kappa shape index (κ2) is 7.04. The number of aromatic nitrogens is 4. The monoisotopic (exact) mass is 406 g/mol. The quantitative estimate of drug-likeness (QED) is 0.707. The number of fused-ring (bicyclic) bond motifs is 1. The number of nitrogens with zero attached hydrogens (tertiary/aromatic N) is 5. The van der Waals surface area contributed by atoms with Gasteiger partial charge in [-0.05, 0) is 52.5 Å². The molecule has 0 radical (unpaired) electrons. The van der Waals surface area contributed by atoms with Crippen molar-refractivity contribution in [2.75, 3.05) is 18.4 Å². The average molecular weight is 406 g/mol. The van der Waals surface area contributed by atoms with Crippen LogP contribution < -0.4 is 5.32 Å². The van der Waals surface area contributed by atoms with Crippen molar-refractivity contribution in [3.8, 4) is 0 Å². The third-order valence-electron chi connectivity index (χ3n) is 6.26. The van der Waals surface area contributed by atoms with Gasteiger partial charge in [0.05, 0.1) is 10.9 Å². The molecule has 0 bridgehead atoms. The van der Waals surface area contributed by atoms with Gasteiger partial charge in [-0.3, -0.25) is 4.79 Å². The van der Waals surface area contributed by atoms with Crippen LogP contribution >= 0.6 is 0 Å². The van der Waals surface area contributed by atoms with Gasteiger partial charge < -0.3 is 14.6 Å². The van der Waals surface area contributed by atoms with Crippen LogP contribution in [0.15, 0.2) is 23.0 Å². The lowest BCUT2D eigenvalue weighted by atomic mass is 9.95. The van der Waals surface area contributed by atoms with E-state index in [2.05, 4.69) is 32.2 Å². The first-order chi connectivity index (χ1) is 14.4. The summed E-state index contributed by atoms with van der Waals surface area (Å²) in [6.07, 6.45) is 7.18. The fraction of sp³-hybridized carbons (Fsp3) is 0.500. The van der Waals surface area contributed by atoms with Crippen molar-refractivity contribution in [2.24, 2.45) is 0 Å². The lowest BCUT2D eigenvalue weighted by molar-refractivity contribution is 0.0711. The molecule has 3 aromatic rings. The Morgan fingerprint density at radius 3 is 2.67 bits per heavy atom. The first kappa shape index (κ1) is 19.0. The Kier molecular flexibility index (Phi) is 4.45. The summed E-state index contributed by atoms with van der Waals surface area (Å²) >= 11 is 0. The Bertz CT molecular complexity index is 1110. The largest absolute Gasteiger partial charge is 0.442 e. The van der Waals surface area contributed by atoms with E-state index in [1.54, 1.807) is 0 Å². The molecule has 3 aromatic heterocycles. The number of nitrogens with one attached hydrogen (secondary N) is 1. The number of amides is 1. The molecular weight excluding hydrogens is 380 g/mol. The lowest BCUT2D eigenvalue weighted by Crippen LogP contribution is -2.38. The van der Waals surface area contributed by atoms with Gasteiger partial charge in [-0.25, -0.2) is 19.9 Å². The number of rotatable bonds is 4. The van der Waals surface area contributed by atoms with Gasteiger partial charge in [-0.15, -0.1) is 0 Å². The average Bonchev–Trinajstić information content (AvgIpc) is 3.36. The Morgan fingerprint density at radius 1 is 1.20 bits per heavy atom. The molecule has 30 heavy (non-hydrogen) atoms. The van der Waals surface area contributed by atoms with Crippen molar-refractivity contribution in [3.63, 3.8) is 0 Å². The summed E-state index contributed by atoms with van der Waals surface area (Å²) in [6.45, 7) is 7.30. The highest BCUT2D eigenvalue weighted by Gasteiger charge is 2.39. The molecule has 5 rings (SSSR count). The zero-order chi connectivity index (χ0) is 20.9. The zero-order valence-corrected chi connectivity index (χ0v) is 17.6. The normalized spacial score (nSPS) is 18.6. The van der Waals surface area contributed by atoms with Crippen LogP contribution in [0.1, 0.15) is 66.2 Å². The van der Waals surface area contributed by atoms with Gasteiger partial charge in [0.15, 0.2) is 0 Å². The van der Waals surface area contributed by atoms with Gasteiger partial charge in [-0.2, -0.15) is 0 Å². The number of carbonyl (C=O) groups is 1. The lowest BCUT2D eigenvalue weighted by Gasteiger charge is -2.31. The van der Waals surface area contributed by atoms with E-state index in [9.17, 15) is 4.79 Å². The highest BCUT2D eigenvalue weighted by atomic mass is 16.3. The van der Waals surface area contributed by atoms with Gasteiger partial charge >= 0.3 is 0 Å². The van der Waals surface area contributed by atoms with Crippen LogP contribution in [0.2, 0.25) is 0 Å². The number of anilines is 1. The Balaban J connectivity index is 1.39. The molecule has 1 saturated heterocycles. The SMILES string of the molecule is Cc1ccnc(C2CCN(C(=O)c3c(C)oc4ncnc(NC5(C)CC5)c34)CC2)n1. The van der Waals surface area contributed by atoms with Crippen molar-refractivity contribution in [2.45, 2.75) is 57.9 Å². The summed E-state index contributed by atoms with van der Waals surface area (Å²) in [5, 5.41) is 4.17. The van der Waals surface area contributed by atoms with Crippen LogP contribution in [0.4, 0.5) is 5.82 Å². The molecule has 8 heteroatoms. The standard InChI is InChI=1S/C22H26N6O2/c1-13-4-9-23-18(26-13)15-5-10-28(11-6-15)21(29)16-14(2)30-20-17(16)19(24-12-25-20)27-22(3)7-8-22/h4,9,12,15H,5-8,10-11H2,1-3H3,(H,24,25,27). The summed E-state index contributed by atoms with van der Waals surface area (Å²) in [6, 6.07) is 1.91. The van der Waals surface area contributed by atoms with E-state index in [0.717, 1.165) is 37.2 Å². The Hall–Kier alpha value is -3.03. The molecule has 1 N–H and O–H groups in total. The van der Waals surface area contributed by atoms with Gasteiger partial charge in [0.2, 0.25) is 5.71 Å². The molecule has 8 nitrogen and oxygen atoms in total. The summed E-state index contributed by atoms with van der Waals surface area (Å²) in [4.78, 5) is 33.1. The van der Waals surface area contributed by atoms with E-state index in [0.29, 0.717) is 41.3 Å². The molecule has 0 atom stereocenters. The molecule has 0 unspecified atom stereocenters. The minimum absolute atomic E-state index is 0.0198. The van der Waals surface area contributed by atoms with Gasteiger partial charge in [0, 0.05) is 36.4 Å². The van der Waals surface area contributed by atoms with Crippen LogP contribution in [-0.4, -0.2) is 49.4 Å². The summed E-state index contributed by atoms with van der Waals surface area (Å²) < 4.78 is 5.83. The number of hydrogen-bond acceptors (Lipinski definition) is 7. The predicted molar refractivity (Wildman–Crippen MR) is 112 cm³/mol. The number of hydrogen-bond donors (Lipinski definition) is 1. The van der Waals surface area contributed by atoms with Crippen molar-refractivity contribution in [3.05, 3.63) is 41.4 Å². The van der Waals surface area contributed by atoms with Crippen molar-refractivity contribution in [1.82, 2.24) is 24.8 Å². The first-order valence-electron chi connectivity index (χ1n) is 10.5. The summed E-state index contributed by atoms with van der Waals surface area (Å²) in [7, 11) is 0. The second-order valence-electron chi connectivity index (χ2n) is 8.74. The van der Waals surface area contributed by atoms with Crippen LogP contribution in [-0.2, 0) is 0 Å². The third kappa shape index (κ3) is 3.40. The maximum Gasteiger partial charge on any atom is 0.258 e. The number of carbonyl (C=O) groups excluding carboxylic acids is 1. The van der Waals surface area contributed by atoms with E-state index < -0.39 is 0 Å². The number of furan rings is 1. The Morgan fingerprint density at radius 2 is 1.97 bits per heavy atom. The minimum Gasteiger partial charge on any atom is -0.442 e. The highest BCUT2D eigenvalue weighted by molar-refractivity contribution is 6.10. The highest BCUT2D eigenvalue weighted by Crippen LogP contribution is 2.40. The van der Waals surface area contributed by atoms with Crippen LogP contribution in [0, 0.1) is 13.8 Å². The molecule has 1 aliphatic heterocycles. The van der Waals surface area contributed by atoms with Gasteiger partial charge in [0.25, 0.3) is 5.91 Å². The van der Waals surface area contributed by atoms with E-state index in [1.165, 1.54) is 6.33 Å². The number of piperidine rings is 1. The van der Waals surface area contributed by atoms with Gasteiger partial charge in [0.1, 0.15) is 23.7 Å². The molecule has 0 aromatic carbocycles. The van der Waals surface area contributed by atoms with E-state index in [1.807, 2.05) is 31.0 Å². The molecule has 0 spiro atoms. The Labute approximate surface area is 175 Å². The minimum atomic E-state index is -0.0198. The van der Waals surface area contributed by atoms with Gasteiger partial charge in [-0.1, -0.05) is 0 Å². The summed E-state index contributed by atoms with van der Waals surface area (Å²) in [5.74, 6) is 2.41. The first-order valence-corrected chi connectivity index (χ1v) is 10.5. The molecular formula is C22H26N6O2. The molecule has 2 aliphatic rings. The zero-order valence-electron chi connectivity index (χ0n) is 17.6. The maximum absolute atomic E-state index is 13.5. The van der Waals surface area contributed by atoms with Crippen LogP contribution in [0.3, 0.4) is 0 Å². The van der Waals surface area contributed by atoms with Crippen molar-refractivity contribution < 1.29 is 9.21 Å². The number of aryl methyl sites for hydroxylation is 2. The van der Waals surface area contributed by atoms with Crippen molar-refractivity contribution in [1.29, 1.82) is 0 Å². The van der Waals surface area contributed by atoms with E-state index in [4.69, 9.17) is 4.42 Å². The van der Waals surface area contributed by atoms with Crippen molar-refractivity contribution >= 4 is 22.8 Å². The molecule has 4 heterocycles. The smallest absolute Gasteiger partial charge is 0.258 e. The maximum atomic E-state index is 13.5. The molecule has 1 amide bonds. The summed E-state index contributed by atoms with van der Waals surface area (Å²) in [5.41, 5.74) is 2.05. The third-order valence-corrected chi connectivity index (χ3v) is 6.26. The fourth-order valence-corrected chi connectivity index (χ4v) is 4.16. The fourth-order valence-electron chi connectivity index (χ4n) is 4.16. The molecule has 1 saturated carbocycles. The van der Waals surface area contributed by atoms with Crippen LogP contribution in [0.5, 0.6) is 0 Å². The number of likely N-dealkylation sites (tertiary alicyclic amines) is 1.